The molecule has 1 rings (SSSR count). The second kappa shape index (κ2) is 6.14. The van der Waals surface area contributed by atoms with Crippen molar-refractivity contribution in [3.8, 4) is 0 Å². The third kappa shape index (κ3) is 3.51. The molecule has 0 spiro atoms. The number of halogens is 1. The number of hydrogen-bond acceptors (Lipinski definition) is 6. The Bertz CT molecular complexity index is 322. The van der Waals surface area contributed by atoms with Gasteiger partial charge in [-0.15, -0.1) is 0 Å². The number of hydrazine groups is 1. The molecule has 0 aliphatic heterocycles. The van der Waals surface area contributed by atoms with Crippen LogP contribution >= 0.6 is 27.7 Å². The molecular formula is C8H14BrN5S. The number of rotatable bonds is 5. The number of thioether (sulfide) groups is 1. The van der Waals surface area contributed by atoms with Crippen molar-refractivity contribution >= 4 is 39.3 Å². The van der Waals surface area contributed by atoms with Crippen molar-refractivity contribution in [2.75, 3.05) is 22.8 Å². The third-order valence-corrected chi connectivity index (χ3v) is 3.31. The molecule has 84 valence electrons. The fourth-order valence-corrected chi connectivity index (χ4v) is 2.11. The zero-order valence-electron chi connectivity index (χ0n) is 8.62. The largest absolute Gasteiger partial charge is 0.366 e. The number of aromatic nitrogens is 2. The van der Waals surface area contributed by atoms with Crippen LogP contribution in [0.2, 0.25) is 0 Å². The maximum absolute atomic E-state index is 5.31. The van der Waals surface area contributed by atoms with Crippen molar-refractivity contribution in [1.29, 1.82) is 0 Å². The Morgan fingerprint density at radius 2 is 2.20 bits per heavy atom. The van der Waals surface area contributed by atoms with E-state index < -0.39 is 0 Å². The van der Waals surface area contributed by atoms with E-state index in [4.69, 9.17) is 5.84 Å². The SMILES string of the molecule is CSCC(C)Nc1ncnc(NN)c1Br. The number of nitrogens with two attached hydrogens (primary N) is 1. The molecule has 1 aromatic rings. The predicted molar refractivity (Wildman–Crippen MR) is 69.0 cm³/mol. The topological polar surface area (TPSA) is 75.9 Å². The molecule has 4 N–H and O–H groups in total. The zero-order valence-corrected chi connectivity index (χ0v) is 11.0. The van der Waals surface area contributed by atoms with Crippen LogP contribution in [0.1, 0.15) is 6.92 Å². The van der Waals surface area contributed by atoms with Crippen molar-refractivity contribution in [3.63, 3.8) is 0 Å². The van der Waals surface area contributed by atoms with Gasteiger partial charge in [-0.2, -0.15) is 11.8 Å². The summed E-state index contributed by atoms with van der Waals surface area (Å²) in [5.74, 6) is 7.65. The zero-order chi connectivity index (χ0) is 11.3. The molecule has 5 nitrogen and oxygen atoms in total. The van der Waals surface area contributed by atoms with Gasteiger partial charge in [0.05, 0.1) is 0 Å². The van der Waals surface area contributed by atoms with Crippen LogP contribution in [-0.2, 0) is 0 Å². The summed E-state index contributed by atoms with van der Waals surface area (Å²) < 4.78 is 0.750. The molecule has 0 aromatic carbocycles. The summed E-state index contributed by atoms with van der Waals surface area (Å²) in [6.07, 6.45) is 3.54. The first-order valence-corrected chi connectivity index (χ1v) is 6.60. The standard InChI is InChI=1S/C8H14BrN5S/c1-5(3-15-2)13-7-6(9)8(14-10)12-4-11-7/h4-5H,3,10H2,1-2H3,(H2,11,12,13,14). The lowest BCUT2D eigenvalue weighted by Gasteiger charge is -2.15. The Hall–Kier alpha value is -0.530. The quantitative estimate of drug-likeness (QED) is 0.566. The second-order valence-electron chi connectivity index (χ2n) is 3.03. The first-order chi connectivity index (χ1) is 7.19. The number of nitrogens with one attached hydrogen (secondary N) is 2. The predicted octanol–water partition coefficient (Wildman–Crippen LogP) is 1.69. The van der Waals surface area contributed by atoms with Crippen molar-refractivity contribution < 1.29 is 0 Å². The van der Waals surface area contributed by atoms with Gasteiger partial charge in [0.15, 0.2) is 5.82 Å². The molecule has 1 unspecified atom stereocenters. The van der Waals surface area contributed by atoms with Crippen molar-refractivity contribution in [2.24, 2.45) is 5.84 Å². The van der Waals surface area contributed by atoms with Crippen LogP contribution in [0.15, 0.2) is 10.8 Å². The number of hydrogen-bond donors (Lipinski definition) is 3. The minimum absolute atomic E-state index is 0.344. The highest BCUT2D eigenvalue weighted by Gasteiger charge is 2.09. The monoisotopic (exact) mass is 291 g/mol. The van der Waals surface area contributed by atoms with Crippen LogP contribution in [0.25, 0.3) is 0 Å². The molecule has 0 fully saturated rings. The Balaban J connectivity index is 2.76. The normalized spacial score (nSPS) is 12.3. The van der Waals surface area contributed by atoms with E-state index in [1.807, 2.05) is 0 Å². The van der Waals surface area contributed by atoms with E-state index in [1.165, 1.54) is 6.33 Å². The molecule has 0 aliphatic rings. The molecule has 0 bridgehead atoms. The molecule has 1 atom stereocenters. The Morgan fingerprint density at radius 3 is 2.80 bits per heavy atom. The summed E-state index contributed by atoms with van der Waals surface area (Å²) in [7, 11) is 0. The molecule has 0 aliphatic carbocycles. The highest BCUT2D eigenvalue weighted by atomic mass is 79.9. The third-order valence-electron chi connectivity index (χ3n) is 1.73. The van der Waals surface area contributed by atoms with Gasteiger partial charge in [-0.3, -0.25) is 0 Å². The molecular weight excluding hydrogens is 278 g/mol. The molecule has 0 saturated heterocycles. The van der Waals surface area contributed by atoms with Gasteiger partial charge in [0, 0.05) is 11.8 Å². The Labute approximate surface area is 102 Å². The van der Waals surface area contributed by atoms with Gasteiger partial charge in [-0.1, -0.05) is 0 Å². The summed E-state index contributed by atoms with van der Waals surface area (Å²) in [6.45, 7) is 2.10. The van der Waals surface area contributed by atoms with Crippen LogP contribution < -0.4 is 16.6 Å². The highest BCUT2D eigenvalue weighted by molar-refractivity contribution is 9.10. The minimum atomic E-state index is 0.344. The molecule has 7 heteroatoms. The van der Waals surface area contributed by atoms with Gasteiger partial charge in [-0.25, -0.2) is 15.8 Å². The van der Waals surface area contributed by atoms with E-state index in [9.17, 15) is 0 Å². The average molecular weight is 292 g/mol. The Morgan fingerprint density at radius 1 is 1.53 bits per heavy atom. The molecule has 1 aromatic heterocycles. The average Bonchev–Trinajstić information content (AvgIpc) is 2.21. The van der Waals surface area contributed by atoms with E-state index in [1.54, 1.807) is 11.8 Å². The molecule has 1 heterocycles. The maximum atomic E-state index is 5.31. The summed E-state index contributed by atoms with van der Waals surface area (Å²) in [6, 6.07) is 0.344. The molecule has 0 saturated carbocycles. The van der Waals surface area contributed by atoms with Crippen LogP contribution in [-0.4, -0.2) is 28.0 Å². The van der Waals surface area contributed by atoms with Gasteiger partial charge < -0.3 is 10.7 Å². The molecule has 15 heavy (non-hydrogen) atoms. The first kappa shape index (κ1) is 12.5. The smallest absolute Gasteiger partial charge is 0.159 e. The lowest BCUT2D eigenvalue weighted by Crippen LogP contribution is -2.20. The second-order valence-corrected chi connectivity index (χ2v) is 4.73. The number of nitrogens with zero attached hydrogens (tertiary/aromatic N) is 2. The van der Waals surface area contributed by atoms with Gasteiger partial charge >= 0.3 is 0 Å². The molecule has 0 amide bonds. The van der Waals surface area contributed by atoms with E-state index in [0.717, 1.165) is 16.0 Å². The fraction of sp³-hybridized carbons (Fsp3) is 0.500. The van der Waals surface area contributed by atoms with Crippen LogP contribution in [0.4, 0.5) is 11.6 Å². The van der Waals surface area contributed by atoms with Gasteiger partial charge in [0.25, 0.3) is 0 Å². The summed E-state index contributed by atoms with van der Waals surface area (Å²) in [5.41, 5.74) is 2.50. The first-order valence-electron chi connectivity index (χ1n) is 4.41. The summed E-state index contributed by atoms with van der Waals surface area (Å²) in [5, 5.41) is 3.27. The van der Waals surface area contributed by atoms with Crippen LogP contribution in [0, 0.1) is 0 Å². The number of anilines is 2. The summed E-state index contributed by atoms with van der Waals surface area (Å²) >= 11 is 5.17. The molecule has 0 radical (unpaired) electrons. The lowest BCUT2D eigenvalue weighted by molar-refractivity contribution is 0.897. The van der Waals surface area contributed by atoms with E-state index in [2.05, 4.69) is 49.8 Å². The van der Waals surface area contributed by atoms with Crippen LogP contribution in [0.3, 0.4) is 0 Å². The highest BCUT2D eigenvalue weighted by Crippen LogP contribution is 2.26. The summed E-state index contributed by atoms with van der Waals surface area (Å²) in [4.78, 5) is 8.11. The van der Waals surface area contributed by atoms with E-state index in [0.29, 0.717) is 11.9 Å². The van der Waals surface area contributed by atoms with Gasteiger partial charge in [-0.05, 0) is 29.1 Å². The van der Waals surface area contributed by atoms with Crippen LogP contribution in [0.5, 0.6) is 0 Å². The van der Waals surface area contributed by atoms with Gasteiger partial charge in [0.1, 0.15) is 16.6 Å². The maximum Gasteiger partial charge on any atom is 0.159 e. The number of nitrogen functional groups attached to an aromatic ring is 1. The van der Waals surface area contributed by atoms with E-state index >= 15 is 0 Å². The minimum Gasteiger partial charge on any atom is -0.366 e. The van der Waals surface area contributed by atoms with Crippen molar-refractivity contribution in [1.82, 2.24) is 9.97 Å². The Kier molecular flexibility index (Phi) is 5.13. The van der Waals surface area contributed by atoms with E-state index in [-0.39, 0.29) is 0 Å². The van der Waals surface area contributed by atoms with Crippen molar-refractivity contribution in [2.45, 2.75) is 13.0 Å². The lowest BCUT2D eigenvalue weighted by atomic mass is 10.4. The van der Waals surface area contributed by atoms with Gasteiger partial charge in [0.2, 0.25) is 0 Å². The fourth-order valence-electron chi connectivity index (χ4n) is 1.10. The van der Waals surface area contributed by atoms with Crippen molar-refractivity contribution in [3.05, 3.63) is 10.8 Å².